The third-order valence-corrected chi connectivity index (χ3v) is 3.92. The fraction of sp³-hybridized carbons (Fsp3) is 0.400. The first kappa shape index (κ1) is 17.2. The lowest BCUT2D eigenvalue weighted by atomic mass is 10.2. The van der Waals surface area contributed by atoms with Gasteiger partial charge in [0.2, 0.25) is 0 Å². The van der Waals surface area contributed by atoms with Crippen molar-refractivity contribution in [3.63, 3.8) is 0 Å². The first-order valence-electron chi connectivity index (χ1n) is 8.44. The van der Waals surface area contributed by atoms with E-state index in [1.807, 2.05) is 12.1 Å². The van der Waals surface area contributed by atoms with Gasteiger partial charge in [-0.05, 0) is 69.7 Å². The van der Waals surface area contributed by atoms with Crippen LogP contribution in [0.15, 0.2) is 48.5 Å². The average molecular weight is 312 g/mol. The summed E-state index contributed by atoms with van der Waals surface area (Å²) in [6.07, 6.45) is 0.110. The zero-order valence-corrected chi connectivity index (χ0v) is 14.7. The third-order valence-electron chi connectivity index (χ3n) is 3.92. The summed E-state index contributed by atoms with van der Waals surface area (Å²) in [4.78, 5) is 2.34. The summed E-state index contributed by atoms with van der Waals surface area (Å²) in [6, 6.07) is 16.8. The summed E-state index contributed by atoms with van der Waals surface area (Å²) in [5.41, 5.74) is 3.61. The van der Waals surface area contributed by atoms with Crippen LogP contribution in [0.5, 0.6) is 5.75 Å². The van der Waals surface area contributed by atoms with E-state index in [1.54, 1.807) is 0 Å². The summed E-state index contributed by atoms with van der Waals surface area (Å²) in [5, 5.41) is 3.44. The Morgan fingerprint density at radius 3 is 2.35 bits per heavy atom. The molecule has 2 aromatic rings. The van der Waals surface area contributed by atoms with E-state index in [4.69, 9.17) is 4.74 Å². The van der Waals surface area contributed by atoms with Gasteiger partial charge in [0, 0.05) is 24.5 Å². The van der Waals surface area contributed by atoms with Crippen LogP contribution in [0.3, 0.4) is 0 Å². The second-order valence-electron chi connectivity index (χ2n) is 5.85. The van der Waals surface area contributed by atoms with Crippen LogP contribution < -0.4 is 15.0 Å². The molecule has 0 saturated heterocycles. The molecule has 1 N–H and O–H groups in total. The van der Waals surface area contributed by atoms with Crippen LogP contribution in [0.25, 0.3) is 0 Å². The van der Waals surface area contributed by atoms with E-state index in [0.717, 1.165) is 31.1 Å². The van der Waals surface area contributed by atoms with Crippen molar-refractivity contribution in [3.8, 4) is 5.75 Å². The van der Waals surface area contributed by atoms with Gasteiger partial charge in [-0.15, -0.1) is 0 Å². The van der Waals surface area contributed by atoms with Crippen molar-refractivity contribution in [2.24, 2.45) is 0 Å². The smallest absolute Gasteiger partial charge is 0.120 e. The van der Waals surface area contributed by atoms with Gasteiger partial charge in [-0.2, -0.15) is 0 Å². The molecule has 0 spiro atoms. The topological polar surface area (TPSA) is 24.5 Å². The molecule has 0 radical (unpaired) electrons. The lowest BCUT2D eigenvalue weighted by molar-refractivity contribution is 0.234. The highest BCUT2D eigenvalue weighted by Gasteiger charge is 2.05. The van der Waals surface area contributed by atoms with Crippen LogP contribution in [0.2, 0.25) is 0 Å². The van der Waals surface area contributed by atoms with E-state index >= 15 is 0 Å². The number of hydrogen-bond acceptors (Lipinski definition) is 3. The van der Waals surface area contributed by atoms with E-state index in [0.29, 0.717) is 0 Å². The molecule has 2 aromatic carbocycles. The Labute approximate surface area is 140 Å². The first-order valence-corrected chi connectivity index (χ1v) is 8.44. The monoisotopic (exact) mass is 312 g/mol. The third kappa shape index (κ3) is 5.20. The second-order valence-corrected chi connectivity index (χ2v) is 5.85. The van der Waals surface area contributed by atoms with Gasteiger partial charge in [-0.25, -0.2) is 0 Å². The van der Waals surface area contributed by atoms with Gasteiger partial charge in [0.25, 0.3) is 0 Å². The Hall–Kier alpha value is -2.16. The van der Waals surface area contributed by atoms with Crippen LogP contribution in [0, 0.1) is 6.92 Å². The van der Waals surface area contributed by atoms with Crippen molar-refractivity contribution < 1.29 is 4.74 Å². The molecule has 0 aromatic heterocycles. The lowest BCUT2D eigenvalue weighted by Gasteiger charge is -2.21. The Morgan fingerprint density at radius 1 is 1.04 bits per heavy atom. The second kappa shape index (κ2) is 8.47. The molecule has 124 valence electrons. The first-order chi connectivity index (χ1) is 11.1. The number of hydrogen-bond donors (Lipinski definition) is 1. The maximum Gasteiger partial charge on any atom is 0.120 e. The predicted octanol–water partition coefficient (Wildman–Crippen LogP) is 4.72. The highest BCUT2D eigenvalue weighted by atomic mass is 16.5. The molecule has 0 bridgehead atoms. The average Bonchev–Trinajstić information content (AvgIpc) is 2.55. The number of nitrogens with one attached hydrogen (secondary N) is 1. The fourth-order valence-electron chi connectivity index (χ4n) is 2.60. The van der Waals surface area contributed by atoms with Crippen LogP contribution in [0.1, 0.15) is 26.3 Å². The molecule has 0 aliphatic rings. The molecule has 0 fully saturated rings. The summed E-state index contributed by atoms with van der Waals surface area (Å²) in [6.45, 7) is 11.4. The normalized spacial score (nSPS) is 11.8. The molecule has 1 atom stereocenters. The minimum Gasteiger partial charge on any atom is -0.489 e. The SMILES string of the molecule is CCN(CC)c1ccc(NCC(C)Oc2cccc(C)c2)cc1. The summed E-state index contributed by atoms with van der Waals surface area (Å²) >= 11 is 0. The van der Waals surface area contributed by atoms with Crippen molar-refractivity contribution in [2.45, 2.75) is 33.8 Å². The van der Waals surface area contributed by atoms with Gasteiger partial charge in [-0.1, -0.05) is 12.1 Å². The Kier molecular flexibility index (Phi) is 6.33. The molecule has 0 amide bonds. The zero-order chi connectivity index (χ0) is 16.7. The molecule has 0 aliphatic heterocycles. The number of nitrogens with zero attached hydrogens (tertiary/aromatic N) is 1. The molecule has 23 heavy (non-hydrogen) atoms. The number of rotatable bonds is 8. The molecule has 0 saturated carbocycles. The van der Waals surface area contributed by atoms with Crippen LogP contribution in [0.4, 0.5) is 11.4 Å². The van der Waals surface area contributed by atoms with Gasteiger partial charge in [0.05, 0.1) is 6.54 Å². The van der Waals surface area contributed by atoms with E-state index < -0.39 is 0 Å². The lowest BCUT2D eigenvalue weighted by Crippen LogP contribution is -2.23. The minimum absolute atomic E-state index is 0.110. The van der Waals surface area contributed by atoms with E-state index in [-0.39, 0.29) is 6.10 Å². The quantitative estimate of drug-likeness (QED) is 0.763. The summed E-state index contributed by atoms with van der Waals surface area (Å²) in [7, 11) is 0. The van der Waals surface area contributed by atoms with E-state index in [2.05, 4.69) is 74.3 Å². The van der Waals surface area contributed by atoms with Crippen LogP contribution >= 0.6 is 0 Å². The van der Waals surface area contributed by atoms with Gasteiger partial charge in [0.1, 0.15) is 11.9 Å². The summed E-state index contributed by atoms with van der Waals surface area (Å²) < 4.78 is 5.94. The number of benzene rings is 2. The predicted molar refractivity (Wildman–Crippen MR) is 99.8 cm³/mol. The van der Waals surface area contributed by atoms with Crippen molar-refractivity contribution in [1.29, 1.82) is 0 Å². The van der Waals surface area contributed by atoms with Crippen molar-refractivity contribution in [3.05, 3.63) is 54.1 Å². The largest absolute Gasteiger partial charge is 0.489 e. The zero-order valence-electron chi connectivity index (χ0n) is 14.7. The van der Waals surface area contributed by atoms with Gasteiger partial charge < -0.3 is 15.0 Å². The van der Waals surface area contributed by atoms with E-state index in [1.165, 1.54) is 11.3 Å². The number of ether oxygens (including phenoxy) is 1. The van der Waals surface area contributed by atoms with Crippen LogP contribution in [-0.2, 0) is 0 Å². The molecule has 3 nitrogen and oxygen atoms in total. The number of anilines is 2. The Morgan fingerprint density at radius 2 is 1.74 bits per heavy atom. The molecule has 0 heterocycles. The van der Waals surface area contributed by atoms with E-state index in [9.17, 15) is 0 Å². The Balaban J connectivity index is 1.85. The minimum atomic E-state index is 0.110. The highest BCUT2D eigenvalue weighted by molar-refractivity contribution is 5.55. The van der Waals surface area contributed by atoms with Crippen LogP contribution in [-0.4, -0.2) is 25.7 Å². The maximum atomic E-state index is 5.94. The Bertz CT molecular complexity index is 591. The standard InChI is InChI=1S/C20H28N2O/c1-5-22(6-2)19-12-10-18(11-13-19)21-15-17(4)23-20-9-7-8-16(3)14-20/h7-14,17,21H,5-6,15H2,1-4H3. The highest BCUT2D eigenvalue weighted by Crippen LogP contribution is 2.18. The molecular formula is C20H28N2O. The maximum absolute atomic E-state index is 5.94. The van der Waals surface area contributed by atoms with Crippen molar-refractivity contribution in [1.82, 2.24) is 0 Å². The fourth-order valence-corrected chi connectivity index (χ4v) is 2.60. The molecule has 1 unspecified atom stereocenters. The van der Waals surface area contributed by atoms with Crippen molar-refractivity contribution in [2.75, 3.05) is 29.9 Å². The molecule has 2 rings (SSSR count). The molecule has 0 aliphatic carbocycles. The molecule has 3 heteroatoms. The molecular weight excluding hydrogens is 284 g/mol. The van der Waals surface area contributed by atoms with Gasteiger partial charge in [0.15, 0.2) is 0 Å². The summed E-state index contributed by atoms with van der Waals surface area (Å²) in [5.74, 6) is 0.927. The van der Waals surface area contributed by atoms with Gasteiger partial charge in [-0.3, -0.25) is 0 Å². The number of aryl methyl sites for hydroxylation is 1. The van der Waals surface area contributed by atoms with Crippen molar-refractivity contribution >= 4 is 11.4 Å². The van der Waals surface area contributed by atoms with Gasteiger partial charge >= 0.3 is 0 Å².